The monoisotopic (exact) mass is 833 g/mol. The summed E-state index contributed by atoms with van der Waals surface area (Å²) >= 11 is 18.5. The molecule has 1 N–H and O–H groups in total. The van der Waals surface area contributed by atoms with Gasteiger partial charge >= 0.3 is 24.6 Å². The molecule has 0 aliphatic heterocycles. The first kappa shape index (κ1) is 42.1. The van der Waals surface area contributed by atoms with Gasteiger partial charge in [-0.1, -0.05) is 23.7 Å². The largest absolute Gasteiger partial charge is 0.525 e. The van der Waals surface area contributed by atoms with Crippen LogP contribution >= 0.6 is 34.8 Å². The zero-order valence-corrected chi connectivity index (χ0v) is 28.1. The topological polar surface area (TPSA) is 72.5 Å². The van der Waals surface area contributed by atoms with E-state index < -0.39 is 118 Å². The van der Waals surface area contributed by atoms with Gasteiger partial charge in [-0.05, 0) is 47.5 Å². The lowest BCUT2D eigenvalue weighted by atomic mass is 9.96. The first-order valence-electron chi connectivity index (χ1n) is 14.5. The van der Waals surface area contributed by atoms with E-state index in [2.05, 4.69) is 10.1 Å². The normalized spacial score (nSPS) is 18.3. The molecule has 0 bridgehead atoms. The number of amides is 1. The van der Waals surface area contributed by atoms with Crippen LogP contribution < -0.4 is 5.32 Å². The number of hydrogen-bond acceptors (Lipinski definition) is 4. The summed E-state index contributed by atoms with van der Waals surface area (Å²) in [5, 5.41) is 2.09. The maximum atomic E-state index is 15.3. The molecule has 288 valence electrons. The van der Waals surface area contributed by atoms with Crippen molar-refractivity contribution < 1.29 is 76.2 Å². The summed E-state index contributed by atoms with van der Waals surface area (Å²) in [6.45, 7) is 0. The number of benzene rings is 3. The molecule has 0 radical (unpaired) electrons. The maximum Gasteiger partial charge on any atom is 0.525 e. The highest BCUT2D eigenvalue weighted by molar-refractivity contribution is 6.53. The number of carbonyl (C=O) groups is 3. The van der Waals surface area contributed by atoms with Gasteiger partial charge in [-0.25, -0.2) is 22.3 Å². The molecule has 1 amide bonds. The highest BCUT2D eigenvalue weighted by Gasteiger charge is 2.68. The number of halogens is 16. The minimum atomic E-state index is -6.24. The molecule has 1 aliphatic rings. The van der Waals surface area contributed by atoms with Gasteiger partial charge in [-0.15, -0.1) is 36.4 Å². The Labute approximate surface area is 304 Å². The molecule has 21 heteroatoms. The fourth-order valence-electron chi connectivity index (χ4n) is 5.29. The fraction of sp³-hybridized carbons (Fsp3) is 0.344. The van der Waals surface area contributed by atoms with Crippen molar-refractivity contribution in [2.75, 3.05) is 5.32 Å². The third-order valence-corrected chi connectivity index (χ3v) is 9.21. The van der Waals surface area contributed by atoms with Gasteiger partial charge in [0, 0.05) is 48.4 Å². The van der Waals surface area contributed by atoms with Crippen LogP contribution in [0.25, 0.3) is 0 Å². The number of ether oxygens (including phenoxy) is 1. The first-order valence-corrected chi connectivity index (χ1v) is 15.7. The lowest BCUT2D eigenvalue weighted by molar-refractivity contribution is -0.448. The number of hydrogen-bond donors (Lipinski definition) is 1. The SMILES string of the molecule is O=C(CCC(F)(OC(F)(F)F)C(F)(F)F)Cc1c(F)ccc(CC(=O)c2cc(NC(=O)[C@H]3[C@H](c4ccc(F)c(C(F)(F)F)c4)C3(Cl)Cl)ccc2Cl)c1F. The zero-order valence-electron chi connectivity index (χ0n) is 25.8. The van der Waals surface area contributed by atoms with Crippen molar-refractivity contribution in [3.63, 3.8) is 0 Å². The van der Waals surface area contributed by atoms with E-state index >= 15 is 4.39 Å². The Balaban J connectivity index is 1.47. The van der Waals surface area contributed by atoms with Crippen LogP contribution in [0.4, 0.5) is 62.8 Å². The number of nitrogens with one attached hydrogen (secondary N) is 1. The average Bonchev–Trinajstić information content (AvgIpc) is 3.60. The Hall–Kier alpha value is -3.61. The molecule has 0 spiro atoms. The van der Waals surface area contributed by atoms with Crippen LogP contribution in [-0.2, 0) is 33.3 Å². The van der Waals surface area contributed by atoms with Gasteiger partial charge in [0.25, 0.3) is 0 Å². The highest BCUT2D eigenvalue weighted by Crippen LogP contribution is 2.65. The van der Waals surface area contributed by atoms with Crippen molar-refractivity contribution >= 4 is 58.0 Å². The van der Waals surface area contributed by atoms with Gasteiger partial charge < -0.3 is 5.32 Å². The number of ketones is 2. The van der Waals surface area contributed by atoms with E-state index in [-0.39, 0.29) is 21.8 Å². The summed E-state index contributed by atoms with van der Waals surface area (Å²) in [6.07, 6.45) is -23.5. The molecule has 4 rings (SSSR count). The molecule has 1 unspecified atom stereocenters. The van der Waals surface area contributed by atoms with Gasteiger partial charge in [0.15, 0.2) is 5.78 Å². The number of anilines is 1. The van der Waals surface area contributed by atoms with Crippen molar-refractivity contribution in [3.05, 3.63) is 98.8 Å². The van der Waals surface area contributed by atoms with Crippen LogP contribution in [0.1, 0.15) is 51.4 Å². The molecule has 53 heavy (non-hydrogen) atoms. The number of Topliss-reactive ketones (excluding diaryl/α,β-unsaturated/α-hetero) is 2. The molecular weight excluding hydrogens is 816 g/mol. The standard InChI is InChI=1S/C32H19Cl3F13NO4/c33-20-4-3-15(49-27(52)25-24(29(25,34)35)13-1-6-22(37)19(9-13)30(40,41)42)11-17(20)23(51)10-14-2-5-21(36)18(26(14)38)12-16(50)7-8-28(39,31(43,44)45)53-32(46,47)48/h1-6,9,11,24-25H,7-8,10,12H2,(H,49,52)/t24-,25+,28?/m0/s1. The van der Waals surface area contributed by atoms with Crippen molar-refractivity contribution in [2.24, 2.45) is 5.92 Å². The third kappa shape index (κ3) is 9.56. The molecule has 1 aliphatic carbocycles. The third-order valence-electron chi connectivity index (χ3n) is 7.94. The number of alkyl halides is 12. The minimum Gasteiger partial charge on any atom is -0.326 e. The lowest BCUT2D eigenvalue weighted by Gasteiger charge is -2.28. The van der Waals surface area contributed by atoms with E-state index in [4.69, 9.17) is 34.8 Å². The Bertz CT molecular complexity index is 1930. The molecule has 0 aromatic heterocycles. The quantitative estimate of drug-likeness (QED) is 0.112. The second kappa shape index (κ2) is 14.9. The van der Waals surface area contributed by atoms with Gasteiger partial charge in [0.05, 0.1) is 16.5 Å². The van der Waals surface area contributed by atoms with Crippen molar-refractivity contribution in [3.8, 4) is 0 Å². The van der Waals surface area contributed by atoms with E-state index in [1.165, 1.54) is 6.07 Å². The second-order valence-electron chi connectivity index (χ2n) is 11.6. The summed E-state index contributed by atoms with van der Waals surface area (Å²) < 4.78 is 174. The van der Waals surface area contributed by atoms with Crippen molar-refractivity contribution in [1.82, 2.24) is 0 Å². The van der Waals surface area contributed by atoms with Gasteiger partial charge in [0.1, 0.15) is 27.6 Å². The smallest absolute Gasteiger partial charge is 0.326 e. The zero-order chi connectivity index (χ0) is 40.1. The van der Waals surface area contributed by atoms with Crippen LogP contribution in [0, 0.1) is 23.4 Å². The summed E-state index contributed by atoms with van der Waals surface area (Å²) in [5.41, 5.74) is -4.03. The molecule has 3 aromatic carbocycles. The molecule has 3 atom stereocenters. The second-order valence-corrected chi connectivity index (χ2v) is 13.5. The molecular formula is C32H19Cl3F13NO4. The lowest BCUT2D eigenvalue weighted by Crippen LogP contribution is -2.47. The fourth-order valence-corrected chi connectivity index (χ4v) is 6.34. The van der Waals surface area contributed by atoms with E-state index in [0.29, 0.717) is 18.2 Å². The van der Waals surface area contributed by atoms with Crippen LogP contribution in [0.5, 0.6) is 0 Å². The predicted octanol–water partition coefficient (Wildman–Crippen LogP) is 10.4. The van der Waals surface area contributed by atoms with Crippen molar-refractivity contribution in [1.29, 1.82) is 0 Å². The molecule has 0 heterocycles. The van der Waals surface area contributed by atoms with Gasteiger partial charge in [-0.2, -0.15) is 26.3 Å². The Kier molecular flexibility index (Phi) is 11.8. The molecule has 5 nitrogen and oxygen atoms in total. The number of rotatable bonds is 12. The summed E-state index contributed by atoms with van der Waals surface area (Å²) in [6, 6.07) is 6.58. The Morgan fingerprint density at radius 2 is 1.43 bits per heavy atom. The van der Waals surface area contributed by atoms with E-state index in [1.807, 2.05) is 0 Å². The van der Waals surface area contributed by atoms with Crippen LogP contribution in [0.2, 0.25) is 5.02 Å². The van der Waals surface area contributed by atoms with Crippen LogP contribution in [0.3, 0.4) is 0 Å². The Morgan fingerprint density at radius 1 is 0.811 bits per heavy atom. The van der Waals surface area contributed by atoms with Gasteiger partial charge in [0.2, 0.25) is 5.91 Å². The van der Waals surface area contributed by atoms with E-state index in [1.54, 1.807) is 0 Å². The maximum absolute atomic E-state index is 15.3. The van der Waals surface area contributed by atoms with Crippen molar-refractivity contribution in [2.45, 2.75) is 60.5 Å². The molecule has 1 fully saturated rings. The molecule has 3 aromatic rings. The van der Waals surface area contributed by atoms with E-state index in [0.717, 1.165) is 24.3 Å². The molecule has 1 saturated carbocycles. The Morgan fingerprint density at radius 3 is 2.02 bits per heavy atom. The summed E-state index contributed by atoms with van der Waals surface area (Å²) in [4.78, 5) is 38.4. The highest BCUT2D eigenvalue weighted by atomic mass is 35.5. The van der Waals surface area contributed by atoms with Crippen LogP contribution in [-0.4, -0.2) is 40.2 Å². The minimum absolute atomic E-state index is 0.143. The van der Waals surface area contributed by atoms with Crippen LogP contribution in [0.15, 0.2) is 48.5 Å². The number of carbonyl (C=O) groups excluding carboxylic acids is 3. The first-order chi connectivity index (χ1) is 24.2. The molecule has 0 saturated heterocycles. The summed E-state index contributed by atoms with van der Waals surface area (Å²) in [7, 11) is 0. The summed E-state index contributed by atoms with van der Waals surface area (Å²) in [5.74, 6) is -15.9. The average molecular weight is 835 g/mol. The van der Waals surface area contributed by atoms with E-state index in [9.17, 15) is 67.1 Å². The van der Waals surface area contributed by atoms with Gasteiger partial charge in [-0.3, -0.25) is 14.4 Å². The predicted molar refractivity (Wildman–Crippen MR) is 162 cm³/mol.